The standard InChI is InChI=1S/C22H26O3/c1-15-6-9-18(23-15)21(4)12-5-13-22(14-21,19-10-7-16(2)24-19)20-11-8-17(3)25-20/h6-11H,5,12-14H2,1-4H3/t21-/m1/s1. The number of furan rings is 3. The molecule has 3 heteroatoms. The van der Waals surface area contributed by atoms with E-state index in [1.807, 2.05) is 20.8 Å². The number of hydrogen-bond acceptors (Lipinski definition) is 3. The van der Waals surface area contributed by atoms with Crippen molar-refractivity contribution in [2.24, 2.45) is 0 Å². The Kier molecular flexibility index (Phi) is 3.71. The quantitative estimate of drug-likeness (QED) is 0.570. The monoisotopic (exact) mass is 338 g/mol. The van der Waals surface area contributed by atoms with Crippen LogP contribution in [-0.4, -0.2) is 0 Å². The van der Waals surface area contributed by atoms with Gasteiger partial charge in [-0.1, -0.05) is 13.3 Å². The molecule has 4 rings (SSSR count). The van der Waals surface area contributed by atoms with E-state index in [-0.39, 0.29) is 10.8 Å². The van der Waals surface area contributed by atoms with E-state index in [0.29, 0.717) is 0 Å². The third kappa shape index (κ3) is 2.66. The predicted octanol–water partition coefficient (Wildman–Crippen LogP) is 6.21. The first-order valence-electron chi connectivity index (χ1n) is 9.12. The first kappa shape index (κ1) is 16.3. The molecule has 0 radical (unpaired) electrons. The molecule has 1 saturated carbocycles. The fourth-order valence-corrected chi connectivity index (χ4v) is 4.52. The zero-order valence-corrected chi connectivity index (χ0v) is 15.5. The van der Waals surface area contributed by atoms with E-state index in [2.05, 4.69) is 43.3 Å². The average Bonchev–Trinajstić information content (AvgIpc) is 3.29. The van der Waals surface area contributed by atoms with Gasteiger partial charge in [0, 0.05) is 5.41 Å². The molecule has 132 valence electrons. The van der Waals surface area contributed by atoms with E-state index in [0.717, 1.165) is 60.2 Å². The van der Waals surface area contributed by atoms with Crippen LogP contribution in [0.3, 0.4) is 0 Å². The first-order valence-corrected chi connectivity index (χ1v) is 9.12. The molecule has 0 aliphatic heterocycles. The number of hydrogen-bond donors (Lipinski definition) is 0. The van der Waals surface area contributed by atoms with Gasteiger partial charge in [-0.15, -0.1) is 0 Å². The summed E-state index contributed by atoms with van der Waals surface area (Å²) in [6.07, 6.45) is 4.17. The van der Waals surface area contributed by atoms with Gasteiger partial charge in [0.15, 0.2) is 0 Å². The molecule has 3 aromatic rings. The summed E-state index contributed by atoms with van der Waals surface area (Å²) in [4.78, 5) is 0. The Labute approximate surface area is 149 Å². The predicted molar refractivity (Wildman–Crippen MR) is 96.9 cm³/mol. The third-order valence-corrected chi connectivity index (χ3v) is 5.78. The molecular weight excluding hydrogens is 312 g/mol. The van der Waals surface area contributed by atoms with Crippen molar-refractivity contribution in [3.8, 4) is 0 Å². The van der Waals surface area contributed by atoms with Gasteiger partial charge in [-0.05, 0) is 76.4 Å². The van der Waals surface area contributed by atoms with Crippen LogP contribution in [0.15, 0.2) is 49.6 Å². The van der Waals surface area contributed by atoms with E-state index in [9.17, 15) is 0 Å². The zero-order chi connectivity index (χ0) is 17.7. The van der Waals surface area contributed by atoms with Crippen LogP contribution in [0.4, 0.5) is 0 Å². The van der Waals surface area contributed by atoms with Crippen molar-refractivity contribution < 1.29 is 13.3 Å². The van der Waals surface area contributed by atoms with Crippen molar-refractivity contribution in [2.45, 2.75) is 64.2 Å². The molecule has 3 aromatic heterocycles. The van der Waals surface area contributed by atoms with Crippen molar-refractivity contribution in [3.05, 3.63) is 71.0 Å². The van der Waals surface area contributed by atoms with Crippen molar-refractivity contribution in [3.63, 3.8) is 0 Å². The van der Waals surface area contributed by atoms with Gasteiger partial charge < -0.3 is 13.3 Å². The van der Waals surface area contributed by atoms with Crippen LogP contribution in [0.5, 0.6) is 0 Å². The lowest BCUT2D eigenvalue weighted by atomic mass is 9.60. The normalized spacial score (nSPS) is 23.0. The van der Waals surface area contributed by atoms with Crippen molar-refractivity contribution in [1.82, 2.24) is 0 Å². The molecule has 0 saturated heterocycles. The molecule has 25 heavy (non-hydrogen) atoms. The lowest BCUT2D eigenvalue weighted by Gasteiger charge is -2.43. The minimum atomic E-state index is -0.240. The summed E-state index contributed by atoms with van der Waals surface area (Å²) in [5, 5.41) is 0. The molecule has 1 aliphatic carbocycles. The average molecular weight is 338 g/mol. The van der Waals surface area contributed by atoms with E-state index >= 15 is 0 Å². The summed E-state index contributed by atoms with van der Waals surface area (Å²) in [7, 11) is 0. The Morgan fingerprint density at radius 3 is 1.60 bits per heavy atom. The Morgan fingerprint density at radius 2 is 1.16 bits per heavy atom. The van der Waals surface area contributed by atoms with E-state index in [4.69, 9.17) is 13.3 Å². The Hall–Kier alpha value is -2.16. The van der Waals surface area contributed by atoms with Crippen LogP contribution >= 0.6 is 0 Å². The lowest BCUT2D eigenvalue weighted by Crippen LogP contribution is -2.40. The van der Waals surface area contributed by atoms with Crippen molar-refractivity contribution in [1.29, 1.82) is 0 Å². The summed E-state index contributed by atoms with van der Waals surface area (Å²) in [5.74, 6) is 5.94. The maximum Gasteiger partial charge on any atom is 0.117 e. The van der Waals surface area contributed by atoms with E-state index in [1.54, 1.807) is 0 Å². The summed E-state index contributed by atoms with van der Waals surface area (Å²) >= 11 is 0. The highest BCUT2D eigenvalue weighted by molar-refractivity contribution is 5.34. The van der Waals surface area contributed by atoms with Crippen LogP contribution in [0, 0.1) is 20.8 Å². The van der Waals surface area contributed by atoms with Crippen LogP contribution in [0.25, 0.3) is 0 Å². The van der Waals surface area contributed by atoms with Gasteiger partial charge in [-0.2, -0.15) is 0 Å². The SMILES string of the molecule is Cc1ccc(C2(c3ccc(C)o3)CCC[C@@](C)(c3ccc(C)o3)C2)o1. The third-order valence-electron chi connectivity index (χ3n) is 5.78. The molecule has 1 fully saturated rings. The maximum absolute atomic E-state index is 6.13. The van der Waals surface area contributed by atoms with Crippen molar-refractivity contribution >= 4 is 0 Å². The largest absolute Gasteiger partial charge is 0.466 e. The molecule has 1 aliphatic rings. The molecule has 3 nitrogen and oxygen atoms in total. The molecule has 0 bridgehead atoms. The van der Waals surface area contributed by atoms with Gasteiger partial charge in [0.1, 0.15) is 34.6 Å². The lowest BCUT2D eigenvalue weighted by molar-refractivity contribution is 0.157. The summed E-state index contributed by atoms with van der Waals surface area (Å²) in [5.41, 5.74) is -0.274. The molecule has 0 amide bonds. The molecule has 3 heterocycles. The van der Waals surface area contributed by atoms with Crippen LogP contribution in [0.2, 0.25) is 0 Å². The fourth-order valence-electron chi connectivity index (χ4n) is 4.52. The van der Waals surface area contributed by atoms with E-state index < -0.39 is 0 Å². The van der Waals surface area contributed by atoms with Gasteiger partial charge in [0.05, 0.1) is 5.41 Å². The number of rotatable bonds is 3. The zero-order valence-electron chi connectivity index (χ0n) is 15.5. The number of aryl methyl sites for hydroxylation is 3. The van der Waals surface area contributed by atoms with Gasteiger partial charge >= 0.3 is 0 Å². The summed E-state index contributed by atoms with van der Waals surface area (Å²) in [6.45, 7) is 8.32. The Morgan fingerprint density at radius 1 is 0.680 bits per heavy atom. The van der Waals surface area contributed by atoms with Crippen LogP contribution in [-0.2, 0) is 10.8 Å². The van der Waals surface area contributed by atoms with E-state index in [1.165, 1.54) is 0 Å². The van der Waals surface area contributed by atoms with Gasteiger partial charge in [-0.25, -0.2) is 0 Å². The Balaban J connectivity index is 1.83. The fraction of sp³-hybridized carbons (Fsp3) is 0.455. The second-order valence-electron chi connectivity index (χ2n) is 7.90. The highest BCUT2D eigenvalue weighted by Crippen LogP contribution is 2.53. The molecular formula is C22H26O3. The second kappa shape index (κ2) is 5.69. The molecule has 1 atom stereocenters. The Bertz CT molecular complexity index is 838. The van der Waals surface area contributed by atoms with Crippen molar-refractivity contribution in [2.75, 3.05) is 0 Å². The first-order chi connectivity index (χ1) is 11.9. The maximum atomic E-state index is 6.13. The molecule has 0 N–H and O–H groups in total. The second-order valence-corrected chi connectivity index (χ2v) is 7.90. The van der Waals surface area contributed by atoms with Crippen LogP contribution in [0.1, 0.15) is 67.2 Å². The highest BCUT2D eigenvalue weighted by Gasteiger charge is 2.50. The summed E-state index contributed by atoms with van der Waals surface area (Å²) < 4.78 is 18.3. The molecule has 0 unspecified atom stereocenters. The van der Waals surface area contributed by atoms with Crippen LogP contribution < -0.4 is 0 Å². The van der Waals surface area contributed by atoms with Gasteiger partial charge in [-0.3, -0.25) is 0 Å². The smallest absolute Gasteiger partial charge is 0.117 e. The highest BCUT2D eigenvalue weighted by atomic mass is 16.4. The molecule has 0 aromatic carbocycles. The summed E-state index contributed by atoms with van der Waals surface area (Å²) in [6, 6.07) is 12.5. The minimum absolute atomic E-state index is 0.0338. The minimum Gasteiger partial charge on any atom is -0.466 e. The molecule has 0 spiro atoms. The topological polar surface area (TPSA) is 39.4 Å². The van der Waals surface area contributed by atoms with Gasteiger partial charge in [0.25, 0.3) is 0 Å². The van der Waals surface area contributed by atoms with Gasteiger partial charge in [0.2, 0.25) is 0 Å².